The molecule has 4 fully saturated rings. The summed E-state index contributed by atoms with van der Waals surface area (Å²) in [6.45, 7) is 7.70. The minimum Gasteiger partial charge on any atom is -0.508 e. The number of hydrogen-bond donors (Lipinski definition) is 3. The van der Waals surface area contributed by atoms with Crippen LogP contribution in [0, 0.1) is 23.0 Å². The standard InChI is InChI=1S/C40H49F2N5O6/c1-38(2,49)24-17-25(18-24)47-13-7-12-40(11-6-10-29(40)47)22-53-37-44-34-31(35(45-37)46-14-15-52-21-39(3,50)20-46)36(51-4)43-33(32(34)42)27-19-26(48)16-23-8-5-9-28(41)30(23)27/h5,8-9,16,19,24-25,29,48-50H,6-7,10-15,17-18,20-22H2,1-4H3/t24?,25?,29-,39+,40-/m1/s1. The Morgan fingerprint density at radius 1 is 1.06 bits per heavy atom. The fourth-order valence-electron chi connectivity index (χ4n) is 9.48. The highest BCUT2D eigenvalue weighted by Gasteiger charge is 2.53. The number of likely N-dealkylation sites (tertiary alicyclic amines) is 1. The summed E-state index contributed by atoms with van der Waals surface area (Å²) >= 11 is 0. The van der Waals surface area contributed by atoms with Crippen molar-refractivity contribution in [1.29, 1.82) is 0 Å². The van der Waals surface area contributed by atoms with Crippen molar-refractivity contribution >= 4 is 27.5 Å². The summed E-state index contributed by atoms with van der Waals surface area (Å²) in [6.07, 6.45) is 7.12. The molecule has 0 unspecified atom stereocenters. The zero-order valence-corrected chi connectivity index (χ0v) is 30.9. The molecule has 0 bridgehead atoms. The van der Waals surface area contributed by atoms with Gasteiger partial charge in [-0.25, -0.2) is 13.8 Å². The Morgan fingerprint density at radius 2 is 1.85 bits per heavy atom. The molecule has 4 heterocycles. The molecule has 3 atom stereocenters. The molecular formula is C40H49F2N5O6. The molecule has 0 spiro atoms. The van der Waals surface area contributed by atoms with Crippen molar-refractivity contribution < 1.29 is 38.3 Å². The molecule has 2 aromatic heterocycles. The van der Waals surface area contributed by atoms with Gasteiger partial charge in [0.15, 0.2) is 5.82 Å². The van der Waals surface area contributed by atoms with Crippen LogP contribution in [0.4, 0.5) is 14.6 Å². The number of hydrogen-bond acceptors (Lipinski definition) is 11. The van der Waals surface area contributed by atoms with E-state index in [4.69, 9.17) is 19.2 Å². The van der Waals surface area contributed by atoms with Crippen molar-refractivity contribution in [3.05, 3.63) is 42.0 Å². The van der Waals surface area contributed by atoms with E-state index in [0.717, 1.165) is 51.5 Å². The number of rotatable bonds is 8. The van der Waals surface area contributed by atoms with Gasteiger partial charge in [0.2, 0.25) is 5.88 Å². The first-order valence-corrected chi connectivity index (χ1v) is 18.8. The summed E-state index contributed by atoms with van der Waals surface area (Å²) < 4.78 is 50.6. The van der Waals surface area contributed by atoms with Crippen molar-refractivity contribution in [1.82, 2.24) is 19.9 Å². The third-order valence-corrected chi connectivity index (χ3v) is 12.2. The molecule has 3 N–H and O–H groups in total. The lowest BCUT2D eigenvalue weighted by atomic mass is 9.68. The second-order valence-corrected chi connectivity index (χ2v) is 16.5. The van der Waals surface area contributed by atoms with Gasteiger partial charge in [0.05, 0.1) is 39.1 Å². The maximum atomic E-state index is 17.1. The van der Waals surface area contributed by atoms with E-state index >= 15 is 8.78 Å². The first kappa shape index (κ1) is 36.1. The highest BCUT2D eigenvalue weighted by atomic mass is 19.1. The minimum atomic E-state index is -1.24. The van der Waals surface area contributed by atoms with Gasteiger partial charge < -0.3 is 34.4 Å². The van der Waals surface area contributed by atoms with Gasteiger partial charge in [-0.15, -0.1) is 0 Å². The molecule has 284 valence electrons. The third kappa shape index (κ3) is 6.53. The molecule has 11 nitrogen and oxygen atoms in total. The van der Waals surface area contributed by atoms with Crippen LogP contribution in [0.3, 0.4) is 0 Å². The average Bonchev–Trinajstić information content (AvgIpc) is 3.43. The van der Waals surface area contributed by atoms with Crippen LogP contribution >= 0.6 is 0 Å². The number of aromatic hydroxyl groups is 1. The molecule has 2 aliphatic heterocycles. The Balaban J connectivity index is 1.22. The first-order chi connectivity index (χ1) is 25.3. The van der Waals surface area contributed by atoms with E-state index in [1.54, 1.807) is 13.0 Å². The number of methoxy groups -OCH3 is 1. The molecule has 13 heteroatoms. The predicted molar refractivity (Wildman–Crippen MR) is 196 cm³/mol. The van der Waals surface area contributed by atoms with Crippen molar-refractivity contribution in [3.8, 4) is 28.9 Å². The van der Waals surface area contributed by atoms with Crippen LogP contribution in [0.15, 0.2) is 30.3 Å². The van der Waals surface area contributed by atoms with E-state index < -0.39 is 22.8 Å². The van der Waals surface area contributed by atoms with E-state index in [2.05, 4.69) is 14.9 Å². The lowest BCUT2D eigenvalue weighted by Gasteiger charge is -2.55. The highest BCUT2D eigenvalue weighted by molar-refractivity contribution is 6.02. The third-order valence-electron chi connectivity index (χ3n) is 12.2. The molecule has 8 rings (SSSR count). The van der Waals surface area contributed by atoms with Crippen LogP contribution in [-0.4, -0.2) is 105 Å². The van der Waals surface area contributed by atoms with Crippen LogP contribution < -0.4 is 14.4 Å². The Labute approximate surface area is 307 Å². The van der Waals surface area contributed by atoms with E-state index in [1.165, 1.54) is 31.4 Å². The Kier molecular flexibility index (Phi) is 9.15. The summed E-state index contributed by atoms with van der Waals surface area (Å²) in [5.74, 6) is -1.07. The average molecular weight is 734 g/mol. The highest BCUT2D eigenvalue weighted by Crippen LogP contribution is 2.52. The molecule has 2 saturated carbocycles. The van der Waals surface area contributed by atoms with Crippen molar-refractivity contribution in [2.75, 3.05) is 51.5 Å². The lowest BCUT2D eigenvalue weighted by molar-refractivity contribution is -0.0970. The monoisotopic (exact) mass is 733 g/mol. The molecule has 0 radical (unpaired) electrons. The lowest BCUT2D eigenvalue weighted by Crippen LogP contribution is -2.60. The number of benzene rings is 2. The molecule has 4 aliphatic rings. The topological polar surface area (TPSA) is 134 Å². The summed E-state index contributed by atoms with van der Waals surface area (Å²) in [5.41, 5.74) is -2.39. The van der Waals surface area contributed by atoms with E-state index in [1.807, 2.05) is 18.7 Å². The molecule has 53 heavy (non-hydrogen) atoms. The van der Waals surface area contributed by atoms with Crippen LogP contribution in [0.25, 0.3) is 32.9 Å². The quantitative estimate of drug-likeness (QED) is 0.197. The van der Waals surface area contributed by atoms with Crippen LogP contribution in [0.5, 0.6) is 17.6 Å². The zero-order valence-electron chi connectivity index (χ0n) is 30.9. The minimum absolute atomic E-state index is 0.00202. The zero-order chi connectivity index (χ0) is 37.3. The number of phenolic OH excluding ortho intramolecular Hbond substituents is 1. The number of pyridine rings is 1. The van der Waals surface area contributed by atoms with Gasteiger partial charge in [-0.3, -0.25) is 4.90 Å². The number of aliphatic hydroxyl groups is 2. The molecule has 4 aromatic rings. The van der Waals surface area contributed by atoms with Gasteiger partial charge >= 0.3 is 6.01 Å². The van der Waals surface area contributed by atoms with Crippen molar-refractivity contribution in [3.63, 3.8) is 0 Å². The van der Waals surface area contributed by atoms with Crippen molar-refractivity contribution in [2.45, 2.75) is 89.0 Å². The van der Waals surface area contributed by atoms with E-state index in [-0.39, 0.29) is 75.5 Å². The van der Waals surface area contributed by atoms with Gasteiger partial charge in [0, 0.05) is 35.0 Å². The van der Waals surface area contributed by atoms with Crippen LogP contribution in [0.2, 0.25) is 0 Å². The number of nitrogens with zero attached hydrogens (tertiary/aromatic N) is 5. The number of anilines is 1. The largest absolute Gasteiger partial charge is 0.508 e. The van der Waals surface area contributed by atoms with Gasteiger partial charge in [-0.05, 0) is 95.3 Å². The first-order valence-electron chi connectivity index (χ1n) is 18.8. The molecule has 0 amide bonds. The van der Waals surface area contributed by atoms with Crippen LogP contribution in [0.1, 0.15) is 65.7 Å². The van der Waals surface area contributed by atoms with Crippen molar-refractivity contribution in [2.24, 2.45) is 11.3 Å². The normalized spacial score (nSPS) is 28.2. The van der Waals surface area contributed by atoms with Crippen LogP contribution in [-0.2, 0) is 4.74 Å². The molecule has 2 saturated heterocycles. The number of piperidine rings is 1. The molecule has 2 aliphatic carbocycles. The van der Waals surface area contributed by atoms with Gasteiger partial charge in [0.25, 0.3) is 0 Å². The summed E-state index contributed by atoms with van der Waals surface area (Å²) in [6, 6.07) is 7.86. The number of phenols is 1. The summed E-state index contributed by atoms with van der Waals surface area (Å²) in [4.78, 5) is 18.6. The maximum absolute atomic E-state index is 17.1. The van der Waals surface area contributed by atoms with E-state index in [0.29, 0.717) is 37.2 Å². The van der Waals surface area contributed by atoms with E-state index in [9.17, 15) is 15.3 Å². The smallest absolute Gasteiger partial charge is 0.319 e. The summed E-state index contributed by atoms with van der Waals surface area (Å²) in [7, 11) is 1.40. The molecule has 2 aromatic carbocycles. The number of aromatic nitrogens is 3. The van der Waals surface area contributed by atoms with Gasteiger partial charge in [-0.2, -0.15) is 9.97 Å². The fraction of sp³-hybridized carbons (Fsp3) is 0.575. The molecular weight excluding hydrogens is 684 g/mol. The SMILES string of the molecule is COc1nc(-c2cc(O)cc3cccc(F)c23)c(F)c2nc(OC[C@]34CCC[C@H]3N(C3CC(C(C)(C)O)C3)CCC4)nc(N3CCOC[C@@](C)(O)C3)c12. The Morgan fingerprint density at radius 3 is 2.62 bits per heavy atom. The number of halogens is 2. The summed E-state index contributed by atoms with van der Waals surface area (Å²) in [5, 5.41) is 33.0. The Bertz CT molecular complexity index is 2040. The number of ether oxygens (including phenoxy) is 3. The number of β-amino-alcohol motifs (C(OH)–C–C–N with tert-alkyl or cyclic N) is 1. The predicted octanol–water partition coefficient (Wildman–Crippen LogP) is 5.99. The van der Waals surface area contributed by atoms with Gasteiger partial charge in [0.1, 0.15) is 39.6 Å². The number of fused-ring (bicyclic) bond motifs is 3. The Hall–Kier alpha value is -3.91. The second kappa shape index (κ2) is 13.4. The maximum Gasteiger partial charge on any atom is 0.319 e. The fourth-order valence-corrected chi connectivity index (χ4v) is 9.48. The van der Waals surface area contributed by atoms with Gasteiger partial charge in [-0.1, -0.05) is 18.6 Å². The second-order valence-electron chi connectivity index (χ2n) is 16.5.